The van der Waals surface area contributed by atoms with E-state index in [2.05, 4.69) is 96.1 Å². The molecule has 0 radical (unpaired) electrons. The van der Waals surface area contributed by atoms with Crippen molar-refractivity contribution < 1.29 is 0 Å². The van der Waals surface area contributed by atoms with Crippen LogP contribution < -0.4 is 0 Å². The summed E-state index contributed by atoms with van der Waals surface area (Å²) in [5.74, 6) is 0. The van der Waals surface area contributed by atoms with Crippen molar-refractivity contribution in [2.24, 2.45) is 0 Å². The molecule has 0 amide bonds. The topological polar surface area (TPSA) is 6.48 Å². The van der Waals surface area contributed by atoms with Crippen molar-refractivity contribution >= 4 is 15.9 Å². The zero-order chi connectivity index (χ0) is 17.8. The molecule has 0 aliphatic carbocycles. The first-order chi connectivity index (χ1) is 12.0. The molecule has 2 aromatic rings. The Hall–Kier alpha value is -1.16. The van der Waals surface area contributed by atoms with E-state index in [1.807, 2.05) is 0 Å². The van der Waals surface area contributed by atoms with Gasteiger partial charge in [0.05, 0.1) is 11.1 Å². The van der Waals surface area contributed by atoms with E-state index in [9.17, 15) is 0 Å². The predicted molar refractivity (Wildman–Crippen MR) is 108 cm³/mol. The van der Waals surface area contributed by atoms with E-state index < -0.39 is 0 Å². The van der Waals surface area contributed by atoms with Crippen molar-refractivity contribution in [2.45, 2.75) is 37.8 Å². The molecule has 25 heavy (non-hydrogen) atoms. The number of hydrogen-bond donors (Lipinski definition) is 0. The first-order valence-electron chi connectivity index (χ1n) is 9.29. The lowest BCUT2D eigenvalue weighted by Crippen LogP contribution is -2.45. The SMILES string of the molecule is CCC12c3ccccc3C(C)(c3cc(Br)ccc31)N2CCCN(C)C. The first kappa shape index (κ1) is 17.3. The van der Waals surface area contributed by atoms with Gasteiger partial charge in [-0.05, 0) is 74.8 Å². The van der Waals surface area contributed by atoms with Gasteiger partial charge in [-0.15, -0.1) is 0 Å². The van der Waals surface area contributed by atoms with Crippen LogP contribution in [0.4, 0.5) is 0 Å². The maximum Gasteiger partial charge on any atom is 0.0729 e. The molecular formula is C22H27BrN2. The standard InChI is InChI=1S/C22H27BrN2/c1-5-22-18-10-7-6-9-17(18)21(2,25(22)14-8-13-24(3)4)20-15-16(23)11-12-19(20)22/h6-7,9-12,15H,5,8,13-14H2,1-4H3. The minimum absolute atomic E-state index is 0.0215. The molecule has 0 N–H and O–H groups in total. The Bertz CT molecular complexity index is 815. The Labute approximate surface area is 160 Å². The number of nitrogens with zero attached hydrogens (tertiary/aromatic N) is 2. The summed E-state index contributed by atoms with van der Waals surface area (Å²) >= 11 is 3.71. The van der Waals surface area contributed by atoms with Gasteiger partial charge in [0.15, 0.2) is 0 Å². The van der Waals surface area contributed by atoms with E-state index in [0.717, 1.165) is 19.5 Å². The summed E-state index contributed by atoms with van der Waals surface area (Å²) in [4.78, 5) is 5.07. The Morgan fingerprint density at radius 1 is 1.00 bits per heavy atom. The Morgan fingerprint density at radius 3 is 2.36 bits per heavy atom. The van der Waals surface area contributed by atoms with E-state index in [-0.39, 0.29) is 11.1 Å². The van der Waals surface area contributed by atoms with Crippen molar-refractivity contribution in [1.29, 1.82) is 0 Å². The van der Waals surface area contributed by atoms with E-state index in [4.69, 9.17) is 0 Å². The molecule has 2 aliphatic rings. The van der Waals surface area contributed by atoms with E-state index in [1.165, 1.54) is 33.1 Å². The summed E-state index contributed by atoms with van der Waals surface area (Å²) in [7, 11) is 4.33. The molecule has 2 unspecified atom stereocenters. The molecule has 0 aromatic heterocycles. The van der Waals surface area contributed by atoms with Crippen molar-refractivity contribution in [3.63, 3.8) is 0 Å². The molecule has 0 saturated heterocycles. The number of hydrogen-bond acceptors (Lipinski definition) is 2. The Morgan fingerprint density at radius 2 is 1.68 bits per heavy atom. The predicted octanol–water partition coefficient (Wildman–Crippen LogP) is 4.95. The maximum absolute atomic E-state index is 3.71. The fraction of sp³-hybridized carbons (Fsp3) is 0.455. The molecule has 2 heterocycles. The van der Waals surface area contributed by atoms with Gasteiger partial charge in [-0.25, -0.2) is 0 Å². The van der Waals surface area contributed by atoms with Gasteiger partial charge in [0.1, 0.15) is 0 Å². The van der Waals surface area contributed by atoms with Gasteiger partial charge in [0.2, 0.25) is 0 Å². The molecular weight excluding hydrogens is 372 g/mol. The van der Waals surface area contributed by atoms with E-state index in [0.29, 0.717) is 0 Å². The number of halogens is 1. The number of fused-ring (bicyclic) bond motifs is 8. The lowest BCUT2D eigenvalue weighted by Gasteiger charge is -2.39. The fourth-order valence-electron chi connectivity index (χ4n) is 5.33. The third-order valence-corrected chi connectivity index (χ3v) is 6.84. The van der Waals surface area contributed by atoms with Gasteiger partial charge in [-0.3, -0.25) is 4.90 Å². The summed E-state index contributed by atoms with van der Waals surface area (Å²) in [5, 5.41) is 0. The summed E-state index contributed by atoms with van der Waals surface area (Å²) in [6.07, 6.45) is 2.30. The van der Waals surface area contributed by atoms with Gasteiger partial charge in [-0.2, -0.15) is 0 Å². The van der Waals surface area contributed by atoms with Gasteiger partial charge >= 0.3 is 0 Å². The number of rotatable bonds is 5. The van der Waals surface area contributed by atoms with Crippen LogP contribution in [0, 0.1) is 0 Å². The molecule has 2 nitrogen and oxygen atoms in total. The molecule has 0 spiro atoms. The van der Waals surface area contributed by atoms with Crippen LogP contribution >= 0.6 is 15.9 Å². The first-order valence-corrected chi connectivity index (χ1v) is 10.1. The second-order valence-corrected chi connectivity index (χ2v) is 8.75. The minimum atomic E-state index is -0.0297. The highest BCUT2D eigenvalue weighted by Gasteiger charge is 2.63. The van der Waals surface area contributed by atoms with E-state index >= 15 is 0 Å². The molecule has 132 valence electrons. The lowest BCUT2D eigenvalue weighted by atomic mass is 9.72. The smallest absolute Gasteiger partial charge is 0.0729 e. The third-order valence-electron chi connectivity index (χ3n) is 6.35. The highest BCUT2D eigenvalue weighted by molar-refractivity contribution is 9.10. The number of benzene rings is 2. The van der Waals surface area contributed by atoms with Crippen LogP contribution in [-0.2, 0) is 11.1 Å². The normalized spacial score (nSPS) is 27.0. The van der Waals surface area contributed by atoms with Crippen molar-refractivity contribution in [3.05, 3.63) is 69.2 Å². The average molecular weight is 399 g/mol. The van der Waals surface area contributed by atoms with Crippen LogP contribution in [0.1, 0.15) is 48.9 Å². The van der Waals surface area contributed by atoms with Crippen LogP contribution in [-0.4, -0.2) is 37.0 Å². The van der Waals surface area contributed by atoms with Crippen molar-refractivity contribution in [3.8, 4) is 0 Å². The second-order valence-electron chi connectivity index (χ2n) is 7.83. The van der Waals surface area contributed by atoms with Gasteiger partial charge in [0, 0.05) is 11.0 Å². The lowest BCUT2D eigenvalue weighted by molar-refractivity contribution is 0.0784. The van der Waals surface area contributed by atoms with Gasteiger partial charge in [0.25, 0.3) is 0 Å². The molecule has 4 rings (SSSR count). The van der Waals surface area contributed by atoms with E-state index in [1.54, 1.807) is 0 Å². The summed E-state index contributed by atoms with van der Waals surface area (Å²) < 4.78 is 1.18. The zero-order valence-electron chi connectivity index (χ0n) is 15.6. The quantitative estimate of drug-likeness (QED) is 0.702. The molecule has 2 bridgehead atoms. The van der Waals surface area contributed by atoms with Crippen LogP contribution in [0.2, 0.25) is 0 Å². The summed E-state index contributed by atoms with van der Waals surface area (Å²) in [6, 6.07) is 16.0. The molecule has 0 saturated carbocycles. The Balaban J connectivity index is 1.90. The monoisotopic (exact) mass is 398 g/mol. The van der Waals surface area contributed by atoms with Crippen LogP contribution in [0.3, 0.4) is 0 Å². The van der Waals surface area contributed by atoms with Crippen molar-refractivity contribution in [1.82, 2.24) is 9.80 Å². The largest absolute Gasteiger partial charge is 0.309 e. The van der Waals surface area contributed by atoms with Gasteiger partial charge in [-0.1, -0.05) is 53.2 Å². The molecule has 2 aliphatic heterocycles. The maximum atomic E-state index is 3.71. The average Bonchev–Trinajstić information content (AvgIpc) is 2.94. The van der Waals surface area contributed by atoms with Gasteiger partial charge < -0.3 is 4.90 Å². The second kappa shape index (κ2) is 5.94. The fourth-order valence-corrected chi connectivity index (χ4v) is 5.69. The molecule has 3 heteroatoms. The Kier molecular flexibility index (Phi) is 4.10. The zero-order valence-corrected chi connectivity index (χ0v) is 17.2. The van der Waals surface area contributed by atoms with Crippen molar-refractivity contribution in [2.75, 3.05) is 27.2 Å². The molecule has 2 aromatic carbocycles. The third kappa shape index (κ3) is 2.16. The summed E-state index contributed by atoms with van der Waals surface area (Å²) in [5.41, 5.74) is 5.98. The van der Waals surface area contributed by atoms with Crippen LogP contribution in [0.5, 0.6) is 0 Å². The molecule has 0 fully saturated rings. The molecule has 2 atom stereocenters. The van der Waals surface area contributed by atoms with Crippen LogP contribution in [0.25, 0.3) is 0 Å². The van der Waals surface area contributed by atoms with Crippen LogP contribution in [0.15, 0.2) is 46.9 Å². The highest BCUT2D eigenvalue weighted by Crippen LogP contribution is 2.64. The highest BCUT2D eigenvalue weighted by atomic mass is 79.9. The summed E-state index contributed by atoms with van der Waals surface area (Å²) in [6.45, 7) is 7.02. The minimum Gasteiger partial charge on any atom is -0.309 e.